The highest BCUT2D eigenvalue weighted by Crippen LogP contribution is 2.38. The number of hydrogen-bond acceptors (Lipinski definition) is 2. The minimum Gasteiger partial charge on any atom is -0.313 e. The largest absolute Gasteiger partial charge is 0.313 e. The van der Waals surface area contributed by atoms with E-state index in [1.54, 1.807) is 0 Å². The van der Waals surface area contributed by atoms with E-state index in [2.05, 4.69) is 63.0 Å². The molecule has 1 nitrogen and oxygen atoms in total. The third kappa shape index (κ3) is 4.02. The Morgan fingerprint density at radius 2 is 2.00 bits per heavy atom. The Hall–Kier alpha value is -0.470. The molecule has 0 heterocycles. The van der Waals surface area contributed by atoms with Crippen molar-refractivity contribution in [2.75, 3.05) is 6.54 Å². The Labute approximate surface area is 128 Å². The Bertz CT molecular complexity index is 429. The molecule has 1 saturated carbocycles. The molecule has 2 rings (SSSR count). The Kier molecular flexibility index (Phi) is 5.98. The van der Waals surface area contributed by atoms with Crippen molar-refractivity contribution in [2.24, 2.45) is 5.92 Å². The SMILES string of the molecule is CCNC1CCC(CC)CC1Sc1ccc(C)cc1C. The van der Waals surface area contributed by atoms with E-state index in [9.17, 15) is 0 Å². The quantitative estimate of drug-likeness (QED) is 0.823. The highest BCUT2D eigenvalue weighted by atomic mass is 32.2. The van der Waals surface area contributed by atoms with Crippen LogP contribution in [-0.4, -0.2) is 17.8 Å². The molecule has 1 aliphatic rings. The summed E-state index contributed by atoms with van der Waals surface area (Å²) in [6, 6.07) is 7.56. The molecule has 1 aliphatic carbocycles. The number of hydrogen-bond donors (Lipinski definition) is 1. The lowest BCUT2D eigenvalue weighted by Gasteiger charge is -2.36. The second-order valence-corrected chi connectivity index (χ2v) is 7.46. The molecule has 20 heavy (non-hydrogen) atoms. The summed E-state index contributed by atoms with van der Waals surface area (Å²) in [5.74, 6) is 0.924. The predicted molar refractivity (Wildman–Crippen MR) is 90.7 cm³/mol. The van der Waals surface area contributed by atoms with Crippen LogP contribution in [0.25, 0.3) is 0 Å². The first-order valence-electron chi connectivity index (χ1n) is 8.11. The van der Waals surface area contributed by atoms with Gasteiger partial charge in [-0.05, 0) is 57.2 Å². The van der Waals surface area contributed by atoms with E-state index in [0.717, 1.165) is 17.7 Å². The van der Waals surface area contributed by atoms with Gasteiger partial charge in [0.25, 0.3) is 0 Å². The number of thioether (sulfide) groups is 1. The van der Waals surface area contributed by atoms with Crippen molar-refractivity contribution in [3.05, 3.63) is 29.3 Å². The number of nitrogens with one attached hydrogen (secondary N) is 1. The van der Waals surface area contributed by atoms with Gasteiger partial charge < -0.3 is 5.32 Å². The molecule has 1 fully saturated rings. The standard InChI is InChI=1S/C18H29NS/c1-5-15-8-9-16(19-6-2)18(12-15)20-17-10-7-13(3)11-14(17)4/h7,10-11,15-16,18-19H,5-6,8-9,12H2,1-4H3. The molecule has 0 amide bonds. The van der Waals surface area contributed by atoms with Crippen molar-refractivity contribution >= 4 is 11.8 Å². The first-order chi connectivity index (χ1) is 9.63. The maximum absolute atomic E-state index is 3.71. The van der Waals surface area contributed by atoms with Crippen LogP contribution < -0.4 is 5.32 Å². The normalized spacial score (nSPS) is 26.7. The highest BCUT2D eigenvalue weighted by Gasteiger charge is 2.30. The fourth-order valence-electron chi connectivity index (χ4n) is 3.30. The second kappa shape index (κ2) is 7.51. The lowest BCUT2D eigenvalue weighted by molar-refractivity contribution is 0.298. The molecule has 0 bridgehead atoms. The molecule has 0 aromatic heterocycles. The van der Waals surface area contributed by atoms with Gasteiger partial charge in [-0.2, -0.15) is 0 Å². The van der Waals surface area contributed by atoms with Crippen LogP contribution >= 0.6 is 11.8 Å². The number of aryl methyl sites for hydroxylation is 2. The number of rotatable bonds is 5. The van der Waals surface area contributed by atoms with E-state index in [-0.39, 0.29) is 0 Å². The summed E-state index contributed by atoms with van der Waals surface area (Å²) in [5.41, 5.74) is 2.80. The third-order valence-corrected chi connectivity index (χ3v) is 6.09. The summed E-state index contributed by atoms with van der Waals surface area (Å²) in [6.45, 7) is 10.1. The summed E-state index contributed by atoms with van der Waals surface area (Å²) in [6.07, 6.45) is 5.45. The van der Waals surface area contributed by atoms with Gasteiger partial charge in [0.05, 0.1) is 0 Å². The van der Waals surface area contributed by atoms with Crippen LogP contribution in [0.2, 0.25) is 0 Å². The zero-order valence-corrected chi connectivity index (χ0v) is 14.2. The topological polar surface area (TPSA) is 12.0 Å². The van der Waals surface area contributed by atoms with E-state index < -0.39 is 0 Å². The van der Waals surface area contributed by atoms with Crippen molar-refractivity contribution in [1.29, 1.82) is 0 Å². The Balaban J connectivity index is 2.09. The van der Waals surface area contributed by atoms with Crippen LogP contribution in [-0.2, 0) is 0 Å². The zero-order valence-electron chi connectivity index (χ0n) is 13.4. The fraction of sp³-hybridized carbons (Fsp3) is 0.667. The van der Waals surface area contributed by atoms with Gasteiger partial charge >= 0.3 is 0 Å². The number of benzene rings is 1. The van der Waals surface area contributed by atoms with Crippen molar-refractivity contribution < 1.29 is 0 Å². The molecule has 0 saturated heterocycles. The van der Waals surface area contributed by atoms with Crippen LogP contribution in [0.4, 0.5) is 0 Å². The maximum atomic E-state index is 3.71. The predicted octanol–water partition coefficient (Wildman–Crippen LogP) is 4.95. The van der Waals surface area contributed by atoms with Crippen LogP contribution in [0, 0.1) is 19.8 Å². The van der Waals surface area contributed by atoms with Crippen molar-refractivity contribution in [2.45, 2.75) is 69.6 Å². The molecule has 3 atom stereocenters. The minimum absolute atomic E-state index is 0.688. The smallest absolute Gasteiger partial charge is 0.0251 e. The zero-order chi connectivity index (χ0) is 14.5. The van der Waals surface area contributed by atoms with E-state index in [1.807, 2.05) is 0 Å². The minimum atomic E-state index is 0.688. The molecule has 1 aromatic rings. The molecule has 112 valence electrons. The summed E-state index contributed by atoms with van der Waals surface area (Å²) < 4.78 is 0. The maximum Gasteiger partial charge on any atom is 0.0251 e. The van der Waals surface area contributed by atoms with Gasteiger partial charge in [0.2, 0.25) is 0 Å². The molecule has 2 heteroatoms. The summed E-state index contributed by atoms with van der Waals surface area (Å²) in [5, 5.41) is 4.44. The van der Waals surface area contributed by atoms with E-state index in [1.165, 1.54) is 41.7 Å². The van der Waals surface area contributed by atoms with Gasteiger partial charge in [0.1, 0.15) is 0 Å². The molecule has 1 aromatic carbocycles. The molecule has 0 radical (unpaired) electrons. The molecular weight excluding hydrogens is 262 g/mol. The highest BCUT2D eigenvalue weighted by molar-refractivity contribution is 8.00. The van der Waals surface area contributed by atoms with E-state index in [0.29, 0.717) is 6.04 Å². The Morgan fingerprint density at radius 1 is 1.20 bits per heavy atom. The van der Waals surface area contributed by atoms with Crippen molar-refractivity contribution in [1.82, 2.24) is 5.32 Å². The average molecular weight is 292 g/mol. The lowest BCUT2D eigenvalue weighted by atomic mass is 9.84. The van der Waals surface area contributed by atoms with Crippen molar-refractivity contribution in [3.8, 4) is 0 Å². The molecule has 3 unspecified atom stereocenters. The molecular formula is C18H29NS. The van der Waals surface area contributed by atoms with Crippen LogP contribution in [0.15, 0.2) is 23.1 Å². The van der Waals surface area contributed by atoms with Crippen LogP contribution in [0.1, 0.15) is 50.7 Å². The summed E-state index contributed by atoms with van der Waals surface area (Å²) in [7, 11) is 0. The van der Waals surface area contributed by atoms with Gasteiger partial charge in [0, 0.05) is 16.2 Å². The molecule has 0 aliphatic heterocycles. The van der Waals surface area contributed by atoms with Gasteiger partial charge in [0.15, 0.2) is 0 Å². The van der Waals surface area contributed by atoms with Crippen LogP contribution in [0.3, 0.4) is 0 Å². The van der Waals surface area contributed by atoms with Gasteiger partial charge in [-0.3, -0.25) is 0 Å². The fourth-order valence-corrected chi connectivity index (χ4v) is 4.79. The molecule has 0 spiro atoms. The molecule has 1 N–H and O–H groups in total. The summed E-state index contributed by atoms with van der Waals surface area (Å²) in [4.78, 5) is 1.47. The monoisotopic (exact) mass is 291 g/mol. The first kappa shape index (κ1) is 15.9. The van der Waals surface area contributed by atoms with Gasteiger partial charge in [-0.1, -0.05) is 38.0 Å². The lowest BCUT2D eigenvalue weighted by Crippen LogP contribution is -2.42. The average Bonchev–Trinajstić information content (AvgIpc) is 2.44. The first-order valence-corrected chi connectivity index (χ1v) is 8.99. The van der Waals surface area contributed by atoms with Crippen LogP contribution in [0.5, 0.6) is 0 Å². The summed E-state index contributed by atoms with van der Waals surface area (Å²) >= 11 is 2.10. The second-order valence-electron chi connectivity index (χ2n) is 6.18. The Morgan fingerprint density at radius 3 is 2.65 bits per heavy atom. The third-order valence-electron chi connectivity index (χ3n) is 4.55. The van der Waals surface area contributed by atoms with E-state index >= 15 is 0 Å². The van der Waals surface area contributed by atoms with E-state index in [4.69, 9.17) is 0 Å². The van der Waals surface area contributed by atoms with Gasteiger partial charge in [-0.15, -0.1) is 11.8 Å². The van der Waals surface area contributed by atoms with Gasteiger partial charge in [-0.25, -0.2) is 0 Å². The van der Waals surface area contributed by atoms with Crippen molar-refractivity contribution in [3.63, 3.8) is 0 Å².